The Balaban J connectivity index is 1.70. The SMILES string of the molecule is CCOc1cc(C=Nc2ccc(N3CCOCC3)cc2)ccc1O[C@@H](C)C(=O)O. The molecule has 0 saturated carbocycles. The smallest absolute Gasteiger partial charge is 0.344 e. The molecule has 29 heavy (non-hydrogen) atoms. The zero-order valence-electron chi connectivity index (χ0n) is 16.7. The van der Waals surface area contributed by atoms with Gasteiger partial charge >= 0.3 is 5.97 Å². The lowest BCUT2D eigenvalue weighted by Gasteiger charge is -2.28. The summed E-state index contributed by atoms with van der Waals surface area (Å²) in [5, 5.41) is 9.04. The summed E-state index contributed by atoms with van der Waals surface area (Å²) < 4.78 is 16.5. The molecular formula is C22H26N2O5. The van der Waals surface area contributed by atoms with Crippen LogP contribution in [0, 0.1) is 0 Å². The summed E-state index contributed by atoms with van der Waals surface area (Å²) in [6.45, 7) is 7.10. The Morgan fingerprint density at radius 2 is 1.93 bits per heavy atom. The van der Waals surface area contributed by atoms with E-state index in [1.165, 1.54) is 12.6 Å². The van der Waals surface area contributed by atoms with Crippen molar-refractivity contribution >= 4 is 23.6 Å². The van der Waals surface area contributed by atoms with Crippen molar-refractivity contribution in [3.63, 3.8) is 0 Å². The maximum Gasteiger partial charge on any atom is 0.344 e. The second-order valence-electron chi connectivity index (χ2n) is 6.61. The predicted octanol–water partition coefficient (Wildman–Crippen LogP) is 3.52. The molecule has 1 atom stereocenters. The molecule has 1 aliphatic heterocycles. The second-order valence-corrected chi connectivity index (χ2v) is 6.61. The highest BCUT2D eigenvalue weighted by molar-refractivity contribution is 5.83. The topological polar surface area (TPSA) is 80.6 Å². The van der Waals surface area contributed by atoms with Crippen LogP contribution >= 0.6 is 0 Å². The Morgan fingerprint density at radius 1 is 1.21 bits per heavy atom. The van der Waals surface area contributed by atoms with Crippen LogP contribution in [-0.4, -0.2) is 56.3 Å². The van der Waals surface area contributed by atoms with Gasteiger partial charge in [-0.25, -0.2) is 4.79 Å². The number of aliphatic carboxylic acids is 1. The van der Waals surface area contributed by atoms with Crippen LogP contribution in [0.2, 0.25) is 0 Å². The lowest BCUT2D eigenvalue weighted by Crippen LogP contribution is -2.36. The molecule has 1 saturated heterocycles. The number of nitrogens with zero attached hydrogens (tertiary/aromatic N) is 2. The van der Waals surface area contributed by atoms with E-state index in [2.05, 4.69) is 22.0 Å². The molecule has 2 aromatic carbocycles. The fraction of sp³-hybridized carbons (Fsp3) is 0.364. The van der Waals surface area contributed by atoms with Crippen LogP contribution in [0.3, 0.4) is 0 Å². The summed E-state index contributed by atoms with van der Waals surface area (Å²) in [6.07, 6.45) is 0.787. The molecular weight excluding hydrogens is 372 g/mol. The first kappa shape index (κ1) is 20.7. The van der Waals surface area contributed by atoms with E-state index in [9.17, 15) is 4.79 Å². The van der Waals surface area contributed by atoms with Gasteiger partial charge in [0.15, 0.2) is 17.6 Å². The molecule has 0 radical (unpaired) electrons. The molecule has 7 nitrogen and oxygen atoms in total. The van der Waals surface area contributed by atoms with Gasteiger partial charge in [-0.1, -0.05) is 0 Å². The normalized spacial score (nSPS) is 15.3. The Hall–Kier alpha value is -3.06. The van der Waals surface area contributed by atoms with E-state index in [0.29, 0.717) is 18.1 Å². The minimum atomic E-state index is -1.03. The highest BCUT2D eigenvalue weighted by Crippen LogP contribution is 2.29. The van der Waals surface area contributed by atoms with Crippen molar-refractivity contribution in [3.05, 3.63) is 48.0 Å². The lowest BCUT2D eigenvalue weighted by atomic mass is 10.2. The summed E-state index contributed by atoms with van der Waals surface area (Å²) in [5.41, 5.74) is 2.85. The minimum absolute atomic E-state index is 0.397. The van der Waals surface area contributed by atoms with Gasteiger partial charge in [0.1, 0.15) is 0 Å². The van der Waals surface area contributed by atoms with Crippen molar-refractivity contribution in [2.45, 2.75) is 20.0 Å². The van der Waals surface area contributed by atoms with Crippen LogP contribution in [0.5, 0.6) is 11.5 Å². The van der Waals surface area contributed by atoms with E-state index >= 15 is 0 Å². The number of hydrogen-bond donors (Lipinski definition) is 1. The summed E-state index contributed by atoms with van der Waals surface area (Å²) in [7, 11) is 0. The average Bonchev–Trinajstić information content (AvgIpc) is 2.75. The monoisotopic (exact) mass is 398 g/mol. The van der Waals surface area contributed by atoms with E-state index in [1.807, 2.05) is 25.1 Å². The Labute approximate surface area is 170 Å². The number of carbonyl (C=O) groups is 1. The first-order valence-corrected chi connectivity index (χ1v) is 9.70. The van der Waals surface area contributed by atoms with Gasteiger partial charge in [0.05, 0.1) is 25.5 Å². The van der Waals surface area contributed by atoms with E-state index in [0.717, 1.165) is 37.6 Å². The maximum absolute atomic E-state index is 11.0. The molecule has 1 heterocycles. The number of hydrogen-bond acceptors (Lipinski definition) is 6. The predicted molar refractivity (Wildman–Crippen MR) is 112 cm³/mol. The van der Waals surface area contributed by atoms with Gasteiger partial charge < -0.3 is 24.2 Å². The second kappa shape index (κ2) is 9.93. The quantitative estimate of drug-likeness (QED) is 0.685. The fourth-order valence-electron chi connectivity index (χ4n) is 2.93. The van der Waals surface area contributed by atoms with Crippen molar-refractivity contribution in [1.82, 2.24) is 0 Å². The molecule has 1 fully saturated rings. The molecule has 3 rings (SSSR count). The van der Waals surface area contributed by atoms with Crippen LogP contribution in [0.1, 0.15) is 19.4 Å². The van der Waals surface area contributed by atoms with E-state index in [1.54, 1.807) is 18.3 Å². The molecule has 154 valence electrons. The van der Waals surface area contributed by atoms with Gasteiger partial charge in [0.2, 0.25) is 0 Å². The Morgan fingerprint density at radius 3 is 2.59 bits per heavy atom. The standard InChI is InChI=1S/C22H26N2O5/c1-3-28-21-14-17(4-9-20(21)29-16(2)22(25)26)15-23-18-5-7-19(8-6-18)24-10-12-27-13-11-24/h4-9,14-16H,3,10-13H2,1-2H3,(H,25,26)/t16-/m0/s1. The molecule has 7 heteroatoms. The van der Waals surface area contributed by atoms with Crippen LogP contribution < -0.4 is 14.4 Å². The molecule has 0 amide bonds. The molecule has 1 N–H and O–H groups in total. The van der Waals surface area contributed by atoms with Crippen LogP contribution in [0.15, 0.2) is 47.5 Å². The highest BCUT2D eigenvalue weighted by atomic mass is 16.5. The van der Waals surface area contributed by atoms with Crippen molar-refractivity contribution < 1.29 is 24.1 Å². The van der Waals surface area contributed by atoms with Gasteiger partial charge in [0.25, 0.3) is 0 Å². The van der Waals surface area contributed by atoms with Gasteiger partial charge in [-0.15, -0.1) is 0 Å². The van der Waals surface area contributed by atoms with E-state index < -0.39 is 12.1 Å². The molecule has 0 aliphatic carbocycles. The Kier molecular flexibility index (Phi) is 7.08. The summed E-state index contributed by atoms with van der Waals surface area (Å²) in [4.78, 5) is 17.8. The van der Waals surface area contributed by atoms with Crippen molar-refractivity contribution in [1.29, 1.82) is 0 Å². The van der Waals surface area contributed by atoms with Crippen molar-refractivity contribution in [2.75, 3.05) is 37.8 Å². The number of ether oxygens (including phenoxy) is 3. The largest absolute Gasteiger partial charge is 0.490 e. The third-order valence-corrected chi connectivity index (χ3v) is 4.51. The average molecular weight is 398 g/mol. The zero-order valence-corrected chi connectivity index (χ0v) is 16.7. The fourth-order valence-corrected chi connectivity index (χ4v) is 2.93. The van der Waals surface area contributed by atoms with Gasteiger partial charge in [-0.05, 0) is 61.9 Å². The van der Waals surface area contributed by atoms with Crippen LogP contribution in [0.25, 0.3) is 0 Å². The summed E-state index contributed by atoms with van der Waals surface area (Å²) >= 11 is 0. The zero-order chi connectivity index (χ0) is 20.6. The number of anilines is 1. The highest BCUT2D eigenvalue weighted by Gasteiger charge is 2.16. The van der Waals surface area contributed by atoms with Gasteiger partial charge in [-0.3, -0.25) is 4.99 Å². The lowest BCUT2D eigenvalue weighted by molar-refractivity contribution is -0.144. The van der Waals surface area contributed by atoms with E-state index in [4.69, 9.17) is 19.3 Å². The van der Waals surface area contributed by atoms with Crippen molar-refractivity contribution in [2.24, 2.45) is 4.99 Å². The first-order chi connectivity index (χ1) is 14.1. The Bertz CT molecular complexity index is 845. The van der Waals surface area contributed by atoms with Crippen molar-refractivity contribution in [3.8, 4) is 11.5 Å². The summed E-state index contributed by atoms with van der Waals surface area (Å²) in [5.74, 6) is -0.139. The number of carboxylic acid groups (broad SMARTS) is 1. The van der Waals surface area contributed by atoms with E-state index in [-0.39, 0.29) is 0 Å². The molecule has 0 unspecified atom stereocenters. The number of rotatable bonds is 8. The third kappa shape index (κ3) is 5.71. The number of morpholine rings is 1. The molecule has 0 bridgehead atoms. The van der Waals surface area contributed by atoms with Crippen LogP contribution in [-0.2, 0) is 9.53 Å². The molecule has 0 aromatic heterocycles. The molecule has 1 aliphatic rings. The number of carboxylic acids is 1. The summed E-state index contributed by atoms with van der Waals surface area (Å²) in [6, 6.07) is 13.4. The molecule has 2 aromatic rings. The van der Waals surface area contributed by atoms with Gasteiger partial charge in [-0.2, -0.15) is 0 Å². The maximum atomic E-state index is 11.0. The number of benzene rings is 2. The van der Waals surface area contributed by atoms with Crippen LogP contribution in [0.4, 0.5) is 11.4 Å². The third-order valence-electron chi connectivity index (χ3n) is 4.51. The first-order valence-electron chi connectivity index (χ1n) is 9.70. The number of aliphatic imine (C=N–C) groups is 1. The minimum Gasteiger partial charge on any atom is -0.490 e. The molecule has 0 spiro atoms. The van der Waals surface area contributed by atoms with Gasteiger partial charge in [0, 0.05) is 25.0 Å².